The van der Waals surface area contributed by atoms with Gasteiger partial charge >= 0.3 is 6.09 Å². The number of nitrogens with one attached hydrogen (secondary N) is 1. The third-order valence-electron chi connectivity index (χ3n) is 3.15. The van der Waals surface area contributed by atoms with Crippen LogP contribution in [0.25, 0.3) is 10.9 Å². The van der Waals surface area contributed by atoms with Gasteiger partial charge in [0.05, 0.1) is 16.6 Å². The van der Waals surface area contributed by atoms with Crippen LogP contribution in [0, 0.1) is 6.92 Å². The van der Waals surface area contributed by atoms with E-state index < -0.39 is 6.09 Å². The van der Waals surface area contributed by atoms with E-state index >= 15 is 0 Å². The Morgan fingerprint density at radius 2 is 2.28 bits per heavy atom. The van der Waals surface area contributed by atoms with Crippen LogP contribution in [0.15, 0.2) is 16.9 Å². The minimum Gasteiger partial charge on any atom is -0.465 e. The molecule has 2 N–H and O–H groups in total. The number of hydrogen-bond acceptors (Lipinski definition) is 3. The van der Waals surface area contributed by atoms with Crippen LogP contribution in [0.3, 0.4) is 0 Å². The summed E-state index contributed by atoms with van der Waals surface area (Å²) in [6, 6.07) is 3.41. The van der Waals surface area contributed by atoms with E-state index in [1.165, 1.54) is 4.90 Å². The van der Waals surface area contributed by atoms with Crippen LogP contribution in [0.4, 0.5) is 10.5 Å². The maximum atomic E-state index is 11.8. The number of H-pyrrole nitrogens is 1. The number of carbonyl (C=O) groups is 1. The molecule has 2 heterocycles. The van der Waals surface area contributed by atoms with E-state index in [9.17, 15) is 9.59 Å². The molecule has 0 atom stereocenters. The first-order valence-corrected chi connectivity index (χ1v) is 5.60. The lowest BCUT2D eigenvalue weighted by Crippen LogP contribution is -2.26. The monoisotopic (exact) mass is 245 g/mol. The molecule has 1 aliphatic rings. The number of hydrogen-bond donors (Lipinski definition) is 2. The minimum atomic E-state index is -0.996. The SMILES string of the molecule is Cc1nc2cc3c(cc2c(=O)[nH]1)N(C(=O)O)CC3. The second-order valence-electron chi connectivity index (χ2n) is 4.33. The summed E-state index contributed by atoms with van der Waals surface area (Å²) in [5, 5.41) is 9.49. The topological polar surface area (TPSA) is 86.3 Å². The Kier molecular flexibility index (Phi) is 2.13. The molecular weight excluding hydrogens is 234 g/mol. The number of amides is 1. The molecule has 1 aromatic heterocycles. The van der Waals surface area contributed by atoms with Gasteiger partial charge in [0.25, 0.3) is 5.56 Å². The van der Waals surface area contributed by atoms with Gasteiger partial charge in [-0.2, -0.15) is 0 Å². The van der Waals surface area contributed by atoms with Crippen LogP contribution >= 0.6 is 0 Å². The Balaban J connectivity index is 2.31. The highest BCUT2D eigenvalue weighted by molar-refractivity contribution is 5.93. The molecular formula is C12H11N3O3. The fourth-order valence-electron chi connectivity index (χ4n) is 2.34. The summed E-state index contributed by atoms with van der Waals surface area (Å²) in [7, 11) is 0. The standard InChI is InChI=1S/C12H11N3O3/c1-6-13-9-4-7-2-3-15(12(17)18)10(7)5-8(9)11(16)14-6/h4-5H,2-3H2,1H3,(H,17,18)(H,13,14,16). The summed E-state index contributed by atoms with van der Waals surface area (Å²) in [6.45, 7) is 2.15. The second-order valence-corrected chi connectivity index (χ2v) is 4.33. The Morgan fingerprint density at radius 3 is 3.00 bits per heavy atom. The van der Waals surface area contributed by atoms with E-state index in [4.69, 9.17) is 5.11 Å². The molecule has 2 aromatic rings. The van der Waals surface area contributed by atoms with Crippen molar-refractivity contribution in [1.82, 2.24) is 9.97 Å². The summed E-state index contributed by atoms with van der Waals surface area (Å²) in [5.74, 6) is 0.556. The molecule has 0 unspecified atom stereocenters. The lowest BCUT2D eigenvalue weighted by atomic mass is 10.1. The molecule has 0 saturated heterocycles. The van der Waals surface area contributed by atoms with E-state index in [1.807, 2.05) is 0 Å². The lowest BCUT2D eigenvalue weighted by molar-refractivity contribution is 0.202. The maximum absolute atomic E-state index is 11.8. The summed E-state index contributed by atoms with van der Waals surface area (Å²) >= 11 is 0. The molecule has 92 valence electrons. The first-order chi connectivity index (χ1) is 8.56. The zero-order valence-corrected chi connectivity index (χ0v) is 9.73. The summed E-state index contributed by atoms with van der Waals surface area (Å²) in [6.07, 6.45) is -0.338. The third-order valence-corrected chi connectivity index (χ3v) is 3.15. The molecule has 6 nitrogen and oxygen atoms in total. The van der Waals surface area contributed by atoms with Crippen molar-refractivity contribution in [2.75, 3.05) is 11.4 Å². The average Bonchev–Trinajstić information content (AvgIpc) is 2.69. The van der Waals surface area contributed by atoms with Gasteiger partial charge in [0.1, 0.15) is 5.82 Å². The average molecular weight is 245 g/mol. The van der Waals surface area contributed by atoms with Gasteiger partial charge < -0.3 is 10.1 Å². The molecule has 0 aliphatic carbocycles. The van der Waals surface area contributed by atoms with Crippen molar-refractivity contribution in [2.24, 2.45) is 0 Å². The van der Waals surface area contributed by atoms with Gasteiger partial charge in [0, 0.05) is 6.54 Å². The molecule has 1 amide bonds. The minimum absolute atomic E-state index is 0.238. The second kappa shape index (κ2) is 3.56. The van der Waals surface area contributed by atoms with Crippen molar-refractivity contribution in [3.63, 3.8) is 0 Å². The van der Waals surface area contributed by atoms with Crippen LogP contribution in [0.5, 0.6) is 0 Å². The van der Waals surface area contributed by atoms with E-state index in [0.29, 0.717) is 35.4 Å². The number of rotatable bonds is 0. The van der Waals surface area contributed by atoms with Gasteiger partial charge in [-0.05, 0) is 31.0 Å². The van der Waals surface area contributed by atoms with E-state index in [-0.39, 0.29) is 5.56 Å². The van der Waals surface area contributed by atoms with Crippen LogP contribution in [-0.4, -0.2) is 27.7 Å². The third kappa shape index (κ3) is 1.46. The molecule has 6 heteroatoms. The molecule has 0 bridgehead atoms. The summed E-state index contributed by atoms with van der Waals surface area (Å²) < 4.78 is 0. The van der Waals surface area contributed by atoms with E-state index in [2.05, 4.69) is 9.97 Å². The Bertz CT molecular complexity index is 720. The molecule has 0 fully saturated rings. The first kappa shape index (κ1) is 10.8. The van der Waals surface area contributed by atoms with Gasteiger partial charge in [0.15, 0.2) is 0 Å². The summed E-state index contributed by atoms with van der Waals surface area (Å²) in [4.78, 5) is 31.0. The van der Waals surface area contributed by atoms with Gasteiger partial charge in [-0.15, -0.1) is 0 Å². The van der Waals surface area contributed by atoms with Crippen molar-refractivity contribution in [3.8, 4) is 0 Å². The molecule has 1 aliphatic heterocycles. The number of carboxylic acid groups (broad SMARTS) is 1. The van der Waals surface area contributed by atoms with Crippen LogP contribution in [-0.2, 0) is 6.42 Å². The van der Waals surface area contributed by atoms with Crippen LogP contribution in [0.2, 0.25) is 0 Å². The quantitative estimate of drug-likeness (QED) is 0.731. The molecule has 18 heavy (non-hydrogen) atoms. The Morgan fingerprint density at radius 1 is 1.50 bits per heavy atom. The molecule has 3 rings (SSSR count). The summed E-state index contributed by atoms with van der Waals surface area (Å²) in [5.41, 5.74) is 1.88. The highest BCUT2D eigenvalue weighted by atomic mass is 16.4. The smallest absolute Gasteiger partial charge is 0.411 e. The number of nitrogens with zero attached hydrogens (tertiary/aromatic N) is 2. The number of benzene rings is 1. The molecule has 0 saturated carbocycles. The number of aryl methyl sites for hydroxylation is 1. The van der Waals surface area contributed by atoms with Gasteiger partial charge in [-0.3, -0.25) is 9.69 Å². The Labute approximate surface area is 102 Å². The van der Waals surface area contributed by atoms with Gasteiger partial charge in [-0.25, -0.2) is 9.78 Å². The van der Waals surface area contributed by atoms with Crippen molar-refractivity contribution in [1.29, 1.82) is 0 Å². The normalized spacial score (nSPS) is 13.9. The van der Waals surface area contributed by atoms with Crippen LogP contribution < -0.4 is 10.5 Å². The largest absolute Gasteiger partial charge is 0.465 e. The zero-order chi connectivity index (χ0) is 12.9. The van der Waals surface area contributed by atoms with E-state index in [1.54, 1.807) is 19.1 Å². The predicted molar refractivity (Wildman–Crippen MR) is 66.2 cm³/mol. The molecule has 1 aromatic carbocycles. The number of aromatic amines is 1. The fourth-order valence-corrected chi connectivity index (χ4v) is 2.34. The predicted octanol–water partition coefficient (Wildman–Crippen LogP) is 1.27. The number of anilines is 1. The zero-order valence-electron chi connectivity index (χ0n) is 9.73. The van der Waals surface area contributed by atoms with Gasteiger partial charge in [0.2, 0.25) is 0 Å². The first-order valence-electron chi connectivity index (χ1n) is 5.60. The van der Waals surface area contributed by atoms with E-state index in [0.717, 1.165) is 5.56 Å². The highest BCUT2D eigenvalue weighted by Crippen LogP contribution is 2.30. The van der Waals surface area contributed by atoms with Crippen molar-refractivity contribution >= 4 is 22.7 Å². The highest BCUT2D eigenvalue weighted by Gasteiger charge is 2.25. The van der Waals surface area contributed by atoms with Crippen molar-refractivity contribution < 1.29 is 9.90 Å². The number of fused-ring (bicyclic) bond motifs is 2. The van der Waals surface area contributed by atoms with Gasteiger partial charge in [-0.1, -0.05) is 0 Å². The maximum Gasteiger partial charge on any atom is 0.411 e. The molecule has 0 spiro atoms. The molecule has 0 radical (unpaired) electrons. The fraction of sp³-hybridized carbons (Fsp3) is 0.250. The van der Waals surface area contributed by atoms with Crippen molar-refractivity contribution in [2.45, 2.75) is 13.3 Å². The number of aromatic nitrogens is 2. The lowest BCUT2D eigenvalue weighted by Gasteiger charge is -2.12. The van der Waals surface area contributed by atoms with Crippen LogP contribution in [0.1, 0.15) is 11.4 Å². The van der Waals surface area contributed by atoms with Crippen molar-refractivity contribution in [3.05, 3.63) is 33.9 Å². The Hall–Kier alpha value is -2.37.